The maximum Gasteiger partial charge on any atom is 0.258 e. The largest absolute Gasteiger partial charge is 0.436 e. The van der Waals surface area contributed by atoms with Gasteiger partial charge in [-0.05, 0) is 82.8 Å². The Labute approximate surface area is 197 Å². The molecule has 2 N–H and O–H groups in total. The third-order valence-electron chi connectivity index (χ3n) is 4.35. The summed E-state index contributed by atoms with van der Waals surface area (Å²) in [6.07, 6.45) is 0. The Morgan fingerprint density at radius 3 is 2.63 bits per heavy atom. The summed E-state index contributed by atoms with van der Waals surface area (Å²) in [7, 11) is 0. The van der Waals surface area contributed by atoms with Gasteiger partial charge in [-0.25, -0.2) is 4.98 Å². The molecule has 0 atom stereocenters. The molecule has 0 bridgehead atoms. The predicted molar refractivity (Wildman–Crippen MR) is 131 cm³/mol. The zero-order valence-electron chi connectivity index (χ0n) is 15.5. The number of nitrogens with zero attached hydrogens (tertiary/aromatic N) is 1. The van der Waals surface area contributed by atoms with Crippen LogP contribution >= 0.6 is 46.4 Å². The second kappa shape index (κ2) is 9.11. The van der Waals surface area contributed by atoms with Gasteiger partial charge in [0.25, 0.3) is 5.91 Å². The van der Waals surface area contributed by atoms with Gasteiger partial charge in [0.1, 0.15) is 5.52 Å². The summed E-state index contributed by atoms with van der Waals surface area (Å²) in [6, 6.07) is 20.7. The van der Waals surface area contributed by atoms with E-state index in [9.17, 15) is 4.79 Å². The number of para-hydroxylation sites is 2. The molecule has 0 aliphatic carbocycles. The van der Waals surface area contributed by atoms with Crippen LogP contribution in [0.25, 0.3) is 22.6 Å². The molecule has 0 radical (unpaired) electrons. The number of aromatic nitrogens is 1. The molecule has 8 heteroatoms. The maximum atomic E-state index is 12.4. The first-order valence-electron chi connectivity index (χ1n) is 8.99. The zero-order valence-corrected chi connectivity index (χ0v) is 19.2. The van der Waals surface area contributed by atoms with Crippen molar-refractivity contribution in [1.82, 2.24) is 15.6 Å². The lowest BCUT2D eigenvalue weighted by Crippen LogP contribution is -2.39. The van der Waals surface area contributed by atoms with E-state index >= 15 is 0 Å². The molecule has 0 unspecified atom stereocenters. The van der Waals surface area contributed by atoms with E-state index < -0.39 is 0 Å². The number of thiocarbonyl (C=S) groups is 1. The van der Waals surface area contributed by atoms with Crippen molar-refractivity contribution in [3.05, 3.63) is 86.4 Å². The number of carbonyl (C=O) groups excluding carboxylic acids is 1. The molecule has 30 heavy (non-hydrogen) atoms. The van der Waals surface area contributed by atoms with E-state index in [-0.39, 0.29) is 11.0 Å². The number of hydrogen-bond donors (Lipinski definition) is 2. The third-order valence-corrected chi connectivity index (χ3v) is 5.59. The van der Waals surface area contributed by atoms with E-state index in [0.29, 0.717) is 23.0 Å². The Kier molecular flexibility index (Phi) is 6.31. The molecule has 0 spiro atoms. The van der Waals surface area contributed by atoms with E-state index in [1.54, 1.807) is 12.1 Å². The van der Waals surface area contributed by atoms with Crippen molar-refractivity contribution in [3.8, 4) is 11.5 Å². The van der Waals surface area contributed by atoms with Gasteiger partial charge in [-0.15, -0.1) is 0 Å². The lowest BCUT2D eigenvalue weighted by Gasteiger charge is -2.11. The van der Waals surface area contributed by atoms with Gasteiger partial charge >= 0.3 is 0 Å². The number of carbonyl (C=O) groups is 1. The molecule has 4 aromatic rings. The second-order valence-corrected chi connectivity index (χ2v) is 8.51. The fraction of sp³-hybridized carbons (Fsp3) is 0.0455. The van der Waals surface area contributed by atoms with Crippen LogP contribution in [0.15, 0.2) is 71.1 Å². The average molecular weight is 548 g/mol. The van der Waals surface area contributed by atoms with Crippen LogP contribution in [0, 0.1) is 3.57 Å². The summed E-state index contributed by atoms with van der Waals surface area (Å²) in [5, 5.41) is 6.30. The average Bonchev–Trinajstić information content (AvgIpc) is 3.18. The van der Waals surface area contributed by atoms with Crippen LogP contribution in [0.5, 0.6) is 0 Å². The normalized spacial score (nSPS) is 10.7. The quantitative estimate of drug-likeness (QED) is 0.259. The first-order valence-corrected chi connectivity index (χ1v) is 10.9. The molecule has 0 saturated heterocycles. The molecular formula is C22H15ClIN3O2S. The predicted octanol–water partition coefficient (Wildman–Crippen LogP) is 5.56. The summed E-state index contributed by atoms with van der Waals surface area (Å²) in [6.45, 7) is 0.465. The molecule has 0 aliphatic heterocycles. The van der Waals surface area contributed by atoms with Crippen LogP contribution in [0.1, 0.15) is 15.9 Å². The Balaban J connectivity index is 1.36. The zero-order chi connectivity index (χ0) is 21.1. The van der Waals surface area contributed by atoms with Crippen molar-refractivity contribution in [3.63, 3.8) is 0 Å². The van der Waals surface area contributed by atoms with Crippen LogP contribution in [0.2, 0.25) is 5.02 Å². The molecule has 1 aromatic heterocycles. The molecule has 0 fully saturated rings. The minimum Gasteiger partial charge on any atom is -0.436 e. The molecular weight excluding hydrogens is 533 g/mol. The highest BCUT2D eigenvalue weighted by molar-refractivity contribution is 14.1. The number of hydrogen-bond acceptors (Lipinski definition) is 4. The first kappa shape index (κ1) is 20.8. The molecule has 0 aliphatic rings. The topological polar surface area (TPSA) is 67.2 Å². The van der Waals surface area contributed by atoms with E-state index in [2.05, 4.69) is 38.2 Å². The Morgan fingerprint density at radius 2 is 1.87 bits per heavy atom. The number of fused-ring (bicyclic) bond motifs is 1. The van der Waals surface area contributed by atoms with E-state index in [1.165, 1.54) is 0 Å². The van der Waals surface area contributed by atoms with Gasteiger partial charge in [0, 0.05) is 15.7 Å². The standard InChI is InChI=1S/C22H15ClIN3O2S/c23-17-10-9-15(24)11-16(17)20(28)27-22(30)25-12-13-5-7-14(8-6-13)21-26-18-3-1-2-4-19(18)29-21/h1-11H,12H2,(H2,25,27,28,30). The summed E-state index contributed by atoms with van der Waals surface area (Å²) < 4.78 is 6.71. The molecule has 1 heterocycles. The molecule has 4 rings (SSSR count). The van der Waals surface area contributed by atoms with E-state index in [4.69, 9.17) is 28.2 Å². The van der Waals surface area contributed by atoms with Crippen molar-refractivity contribution >= 4 is 68.5 Å². The first-order chi connectivity index (χ1) is 14.5. The van der Waals surface area contributed by atoms with Crippen molar-refractivity contribution in [2.45, 2.75) is 6.54 Å². The highest BCUT2D eigenvalue weighted by Gasteiger charge is 2.12. The van der Waals surface area contributed by atoms with Crippen LogP contribution in [-0.2, 0) is 6.54 Å². The second-order valence-electron chi connectivity index (χ2n) is 6.44. The minimum atomic E-state index is -0.345. The summed E-state index contributed by atoms with van der Waals surface area (Å²) in [5.41, 5.74) is 3.85. The fourth-order valence-electron chi connectivity index (χ4n) is 2.83. The number of oxazole rings is 1. The number of nitrogens with one attached hydrogen (secondary N) is 2. The highest BCUT2D eigenvalue weighted by Crippen LogP contribution is 2.24. The summed E-state index contributed by atoms with van der Waals surface area (Å²) in [5.74, 6) is 0.232. The van der Waals surface area contributed by atoms with Gasteiger partial charge in [0.05, 0.1) is 10.6 Å². The van der Waals surface area contributed by atoms with Gasteiger partial charge in [0.15, 0.2) is 10.7 Å². The molecule has 5 nitrogen and oxygen atoms in total. The maximum absolute atomic E-state index is 12.4. The van der Waals surface area contributed by atoms with Crippen LogP contribution < -0.4 is 10.6 Å². The Hall–Kier alpha value is -2.49. The fourth-order valence-corrected chi connectivity index (χ4v) is 3.69. The molecule has 0 saturated carbocycles. The van der Waals surface area contributed by atoms with Crippen molar-refractivity contribution < 1.29 is 9.21 Å². The number of rotatable bonds is 4. The van der Waals surface area contributed by atoms with Gasteiger partial charge in [-0.1, -0.05) is 35.9 Å². The van der Waals surface area contributed by atoms with Crippen molar-refractivity contribution in [1.29, 1.82) is 0 Å². The van der Waals surface area contributed by atoms with Crippen LogP contribution in [-0.4, -0.2) is 16.0 Å². The highest BCUT2D eigenvalue weighted by atomic mass is 127. The van der Waals surface area contributed by atoms with Gasteiger partial charge in [-0.3, -0.25) is 10.1 Å². The minimum absolute atomic E-state index is 0.234. The van der Waals surface area contributed by atoms with Gasteiger partial charge in [-0.2, -0.15) is 0 Å². The summed E-state index contributed by atoms with van der Waals surface area (Å²) in [4.78, 5) is 16.9. The number of benzene rings is 3. The monoisotopic (exact) mass is 547 g/mol. The summed E-state index contributed by atoms with van der Waals surface area (Å²) >= 11 is 13.5. The van der Waals surface area contributed by atoms with Crippen LogP contribution in [0.4, 0.5) is 0 Å². The third kappa shape index (κ3) is 4.80. The molecule has 1 amide bonds. The van der Waals surface area contributed by atoms with E-state index in [0.717, 1.165) is 25.8 Å². The molecule has 3 aromatic carbocycles. The number of amides is 1. The molecule has 150 valence electrons. The van der Waals surface area contributed by atoms with E-state index in [1.807, 2.05) is 54.6 Å². The number of halogens is 2. The van der Waals surface area contributed by atoms with Crippen molar-refractivity contribution in [2.75, 3.05) is 0 Å². The lowest BCUT2D eigenvalue weighted by molar-refractivity contribution is 0.0976. The lowest BCUT2D eigenvalue weighted by atomic mass is 10.1. The van der Waals surface area contributed by atoms with Crippen LogP contribution in [0.3, 0.4) is 0 Å². The SMILES string of the molecule is O=C(NC(=S)NCc1ccc(-c2nc3ccccc3o2)cc1)c1cc(I)ccc1Cl. The Bertz CT molecular complexity index is 1210. The van der Waals surface area contributed by atoms with Gasteiger partial charge < -0.3 is 9.73 Å². The van der Waals surface area contributed by atoms with Crippen molar-refractivity contribution in [2.24, 2.45) is 0 Å². The van der Waals surface area contributed by atoms with Gasteiger partial charge in [0.2, 0.25) is 5.89 Å². The Morgan fingerprint density at radius 1 is 1.10 bits per heavy atom. The smallest absolute Gasteiger partial charge is 0.258 e.